The number of aryl methyl sites for hydroxylation is 1. The first-order valence-electron chi connectivity index (χ1n) is 9.65. The third-order valence-corrected chi connectivity index (χ3v) is 5.87. The second-order valence-electron chi connectivity index (χ2n) is 7.57. The zero-order valence-corrected chi connectivity index (χ0v) is 17.7. The molecule has 1 aromatic carbocycles. The highest BCUT2D eigenvalue weighted by Gasteiger charge is 2.42. The number of H-pyrrole nitrogens is 1. The molecule has 10 heteroatoms. The van der Waals surface area contributed by atoms with Crippen LogP contribution < -0.4 is 4.90 Å². The number of methoxy groups -OCH3 is 1. The lowest BCUT2D eigenvalue weighted by Crippen LogP contribution is -2.28. The summed E-state index contributed by atoms with van der Waals surface area (Å²) in [6.45, 7) is 2.62. The zero-order valence-electron chi connectivity index (χ0n) is 16.9. The molecule has 1 aliphatic heterocycles. The minimum Gasteiger partial charge on any atom is -0.384 e. The first-order chi connectivity index (χ1) is 14.9. The number of benzene rings is 1. The van der Waals surface area contributed by atoms with Crippen molar-refractivity contribution in [2.24, 2.45) is 11.8 Å². The molecule has 2 atom stereocenters. The van der Waals surface area contributed by atoms with Gasteiger partial charge in [-0.15, -0.1) is 0 Å². The van der Waals surface area contributed by atoms with Crippen molar-refractivity contribution in [3.8, 4) is 11.3 Å². The standard InChI is InChI=1S/C21H20ClF2N5O2/c1-11-7-25-26-8-15(11)18-6-19(28-27-18)29-9-13(10-31-2)14(21(29)30)3-12-4-16(23)20(22)17(24)5-12/h4-8,13-14H,3,9-10H2,1-2H3,(H,27,28). The molecular weight excluding hydrogens is 428 g/mol. The summed E-state index contributed by atoms with van der Waals surface area (Å²) in [7, 11) is 1.55. The molecule has 1 aliphatic rings. The van der Waals surface area contributed by atoms with E-state index in [2.05, 4.69) is 20.4 Å². The molecule has 0 saturated carbocycles. The van der Waals surface area contributed by atoms with E-state index in [0.29, 0.717) is 30.2 Å². The van der Waals surface area contributed by atoms with Gasteiger partial charge in [0.1, 0.15) is 16.7 Å². The second-order valence-corrected chi connectivity index (χ2v) is 7.95. The number of carbonyl (C=O) groups is 1. The molecule has 2 unspecified atom stereocenters. The summed E-state index contributed by atoms with van der Waals surface area (Å²) in [5, 5.41) is 14.4. The topological polar surface area (TPSA) is 84.0 Å². The summed E-state index contributed by atoms with van der Waals surface area (Å²) in [6.07, 6.45) is 3.43. The summed E-state index contributed by atoms with van der Waals surface area (Å²) >= 11 is 5.58. The van der Waals surface area contributed by atoms with E-state index in [-0.39, 0.29) is 18.2 Å². The van der Waals surface area contributed by atoms with Crippen LogP contribution in [0.3, 0.4) is 0 Å². The van der Waals surface area contributed by atoms with Crippen molar-refractivity contribution in [1.29, 1.82) is 0 Å². The summed E-state index contributed by atoms with van der Waals surface area (Å²) < 4.78 is 33.0. The molecule has 1 N–H and O–H groups in total. The fourth-order valence-electron chi connectivity index (χ4n) is 3.93. The Morgan fingerprint density at radius 2 is 1.94 bits per heavy atom. The Balaban J connectivity index is 1.60. The number of halogens is 3. The van der Waals surface area contributed by atoms with Gasteiger partial charge in [-0.2, -0.15) is 15.3 Å². The van der Waals surface area contributed by atoms with Crippen LogP contribution in [0.1, 0.15) is 11.1 Å². The Hall–Kier alpha value is -2.91. The lowest BCUT2D eigenvalue weighted by atomic mass is 9.89. The molecule has 162 valence electrons. The third kappa shape index (κ3) is 4.15. The van der Waals surface area contributed by atoms with E-state index in [1.165, 1.54) is 0 Å². The van der Waals surface area contributed by atoms with Crippen LogP contribution in [-0.4, -0.2) is 46.6 Å². The van der Waals surface area contributed by atoms with Crippen molar-refractivity contribution >= 4 is 23.3 Å². The normalized spacial score (nSPS) is 18.7. The first-order valence-corrected chi connectivity index (χ1v) is 10.0. The van der Waals surface area contributed by atoms with Gasteiger partial charge >= 0.3 is 0 Å². The minimum atomic E-state index is -0.847. The smallest absolute Gasteiger partial charge is 0.232 e. The van der Waals surface area contributed by atoms with E-state index in [4.69, 9.17) is 16.3 Å². The molecule has 1 amide bonds. The first kappa shape index (κ1) is 21.3. The maximum Gasteiger partial charge on any atom is 0.232 e. The maximum absolute atomic E-state index is 13.9. The number of aromatic amines is 1. The van der Waals surface area contributed by atoms with E-state index >= 15 is 0 Å². The van der Waals surface area contributed by atoms with Crippen LogP contribution in [-0.2, 0) is 16.0 Å². The number of nitrogens with zero attached hydrogens (tertiary/aromatic N) is 4. The summed E-state index contributed by atoms with van der Waals surface area (Å²) in [4.78, 5) is 14.8. The molecule has 0 spiro atoms. The predicted molar refractivity (Wildman–Crippen MR) is 111 cm³/mol. The number of anilines is 1. The Labute approximate surface area is 182 Å². The lowest BCUT2D eigenvalue weighted by Gasteiger charge is -2.16. The number of hydrogen-bond acceptors (Lipinski definition) is 5. The maximum atomic E-state index is 13.9. The average molecular weight is 448 g/mol. The van der Waals surface area contributed by atoms with Crippen LogP contribution >= 0.6 is 11.6 Å². The highest BCUT2D eigenvalue weighted by Crippen LogP contribution is 2.34. The highest BCUT2D eigenvalue weighted by molar-refractivity contribution is 6.30. The highest BCUT2D eigenvalue weighted by atomic mass is 35.5. The quantitative estimate of drug-likeness (QED) is 0.584. The third-order valence-electron chi connectivity index (χ3n) is 5.51. The SMILES string of the molecule is COCC1CN(c2cc(-c3cnncc3C)[nH]n2)C(=O)C1Cc1cc(F)c(Cl)c(F)c1. The van der Waals surface area contributed by atoms with E-state index in [1.807, 2.05) is 6.92 Å². The van der Waals surface area contributed by atoms with Crippen molar-refractivity contribution in [3.05, 3.63) is 58.4 Å². The fourth-order valence-corrected chi connectivity index (χ4v) is 4.04. The van der Waals surface area contributed by atoms with Crippen LogP contribution in [0.2, 0.25) is 5.02 Å². The summed E-state index contributed by atoms with van der Waals surface area (Å²) in [5.74, 6) is -2.08. The monoisotopic (exact) mass is 447 g/mol. The average Bonchev–Trinajstić information content (AvgIpc) is 3.33. The molecule has 31 heavy (non-hydrogen) atoms. The van der Waals surface area contributed by atoms with Crippen LogP contribution in [0.4, 0.5) is 14.6 Å². The Bertz CT molecular complexity index is 1100. The Morgan fingerprint density at radius 3 is 2.61 bits per heavy atom. The number of aromatic nitrogens is 4. The van der Waals surface area contributed by atoms with Gasteiger partial charge in [-0.3, -0.25) is 14.8 Å². The lowest BCUT2D eigenvalue weighted by molar-refractivity contribution is -0.121. The van der Waals surface area contributed by atoms with E-state index in [1.54, 1.807) is 30.5 Å². The number of ether oxygens (including phenoxy) is 1. The number of hydrogen-bond donors (Lipinski definition) is 1. The number of carbonyl (C=O) groups excluding carboxylic acids is 1. The van der Waals surface area contributed by atoms with Gasteiger partial charge in [-0.1, -0.05) is 11.6 Å². The molecule has 0 bridgehead atoms. The molecule has 0 aliphatic carbocycles. The number of nitrogens with one attached hydrogen (secondary N) is 1. The molecule has 4 rings (SSSR count). The molecule has 2 aromatic heterocycles. The van der Waals surface area contributed by atoms with Crippen molar-refractivity contribution in [3.63, 3.8) is 0 Å². The van der Waals surface area contributed by atoms with E-state index < -0.39 is 22.6 Å². The van der Waals surface area contributed by atoms with Crippen molar-refractivity contribution in [2.45, 2.75) is 13.3 Å². The van der Waals surface area contributed by atoms with Gasteiger partial charge in [-0.05, 0) is 36.6 Å². The summed E-state index contributed by atoms with van der Waals surface area (Å²) in [6, 6.07) is 4.10. The summed E-state index contributed by atoms with van der Waals surface area (Å²) in [5.41, 5.74) is 2.82. The fraction of sp³-hybridized carbons (Fsp3) is 0.333. The van der Waals surface area contributed by atoms with Crippen molar-refractivity contribution in [1.82, 2.24) is 20.4 Å². The van der Waals surface area contributed by atoms with Crippen LogP contribution in [0, 0.1) is 30.4 Å². The molecule has 3 heterocycles. The van der Waals surface area contributed by atoms with E-state index in [9.17, 15) is 13.6 Å². The molecule has 0 radical (unpaired) electrons. The molecular formula is C21H20ClF2N5O2. The second kappa shape index (κ2) is 8.68. The van der Waals surface area contributed by atoms with Crippen LogP contribution in [0.5, 0.6) is 0 Å². The van der Waals surface area contributed by atoms with Crippen molar-refractivity contribution < 1.29 is 18.3 Å². The molecule has 3 aromatic rings. The molecule has 7 nitrogen and oxygen atoms in total. The van der Waals surface area contributed by atoms with Gasteiger partial charge in [0.05, 0.1) is 24.7 Å². The van der Waals surface area contributed by atoms with Gasteiger partial charge in [0.2, 0.25) is 5.91 Å². The van der Waals surface area contributed by atoms with Crippen LogP contribution in [0.15, 0.2) is 30.6 Å². The van der Waals surface area contributed by atoms with E-state index in [0.717, 1.165) is 23.3 Å². The Kier molecular flexibility index (Phi) is 5.97. The van der Waals surface area contributed by atoms with Gasteiger partial charge < -0.3 is 4.74 Å². The number of rotatable bonds is 6. The number of amides is 1. The largest absolute Gasteiger partial charge is 0.384 e. The van der Waals surface area contributed by atoms with Crippen molar-refractivity contribution in [2.75, 3.05) is 25.2 Å². The van der Waals surface area contributed by atoms with Crippen LogP contribution in [0.25, 0.3) is 11.3 Å². The zero-order chi connectivity index (χ0) is 22.1. The van der Waals surface area contributed by atoms with Gasteiger partial charge in [0, 0.05) is 37.1 Å². The predicted octanol–water partition coefficient (Wildman–Crippen LogP) is 3.57. The minimum absolute atomic E-state index is 0.163. The Morgan fingerprint density at radius 1 is 1.23 bits per heavy atom. The molecule has 1 saturated heterocycles. The van der Waals surface area contributed by atoms with Gasteiger partial charge in [0.15, 0.2) is 5.82 Å². The van der Waals surface area contributed by atoms with Gasteiger partial charge in [-0.25, -0.2) is 8.78 Å². The van der Waals surface area contributed by atoms with Gasteiger partial charge in [0.25, 0.3) is 0 Å². The molecule has 1 fully saturated rings.